The topological polar surface area (TPSA) is 139 Å². The van der Waals surface area contributed by atoms with E-state index in [1.54, 1.807) is 18.2 Å². The Bertz CT molecular complexity index is 1190. The number of alkyl halides is 3. The van der Waals surface area contributed by atoms with Gasteiger partial charge in [-0.2, -0.15) is 13.2 Å². The van der Waals surface area contributed by atoms with Crippen molar-refractivity contribution < 1.29 is 36.9 Å². The van der Waals surface area contributed by atoms with Crippen molar-refractivity contribution in [2.24, 2.45) is 5.73 Å². The summed E-state index contributed by atoms with van der Waals surface area (Å²) < 4.78 is 50.0. The molecule has 2 aromatic carbocycles. The molecule has 0 fully saturated rings. The number of amidine groups is 1. The first-order valence-corrected chi connectivity index (χ1v) is 9.66. The molecule has 0 saturated heterocycles. The average Bonchev–Trinajstić information content (AvgIpc) is 3.26. The van der Waals surface area contributed by atoms with E-state index in [0.717, 1.165) is 10.6 Å². The van der Waals surface area contributed by atoms with E-state index in [1.807, 2.05) is 0 Å². The summed E-state index contributed by atoms with van der Waals surface area (Å²) in [5, 5.41) is 24.7. The van der Waals surface area contributed by atoms with Crippen molar-refractivity contribution >= 4 is 40.7 Å². The van der Waals surface area contributed by atoms with Crippen molar-refractivity contribution in [3.05, 3.63) is 63.5 Å². The van der Waals surface area contributed by atoms with E-state index < -0.39 is 18.0 Å². The third kappa shape index (κ3) is 6.41. The number of carboxylic acids is 1. The second kappa shape index (κ2) is 11.2. The van der Waals surface area contributed by atoms with Gasteiger partial charge >= 0.3 is 12.1 Å². The minimum Gasteiger partial charge on any atom is -0.475 e. The van der Waals surface area contributed by atoms with Gasteiger partial charge in [0.1, 0.15) is 11.5 Å². The van der Waals surface area contributed by atoms with Gasteiger partial charge in [-0.15, -0.1) is 0 Å². The Morgan fingerprint density at radius 2 is 1.85 bits per heavy atom. The smallest absolute Gasteiger partial charge is 0.475 e. The van der Waals surface area contributed by atoms with Crippen molar-refractivity contribution in [2.75, 3.05) is 12.2 Å². The van der Waals surface area contributed by atoms with E-state index in [0.29, 0.717) is 28.5 Å². The van der Waals surface area contributed by atoms with Gasteiger partial charge < -0.3 is 10.8 Å². The lowest BCUT2D eigenvalue weighted by Crippen LogP contribution is -2.30. The van der Waals surface area contributed by atoms with Crippen LogP contribution in [0.2, 0.25) is 10.0 Å². The highest BCUT2D eigenvalue weighted by Gasteiger charge is 2.38. The molecule has 0 aliphatic heterocycles. The number of benzene rings is 2. The first-order valence-electron chi connectivity index (χ1n) is 8.90. The molecule has 34 heavy (non-hydrogen) atoms. The zero-order valence-corrected chi connectivity index (χ0v) is 18.5. The molecule has 0 radical (unpaired) electrons. The molecule has 1 heterocycles. The van der Waals surface area contributed by atoms with Crippen molar-refractivity contribution in [1.29, 1.82) is 5.41 Å². The standard InChI is InChI=1S/C17H14Cl2FN5O2.C2HF3O2/c1-26-25(11-4-5-14(20)13(19)7-11)17(22)16-15(23-27-24-16)9-2-3-10(8-21)12(18)6-9;3-2(4,5)1(6)7/h2-7,22H,8,21H2,1H3;(H,6,7). The van der Waals surface area contributed by atoms with Crippen LogP contribution in [-0.2, 0) is 16.2 Å². The number of nitrogens with one attached hydrogen (secondary N) is 1. The number of hydrogen-bond donors (Lipinski definition) is 3. The summed E-state index contributed by atoms with van der Waals surface area (Å²) in [5.41, 5.74) is 7.71. The maximum Gasteiger partial charge on any atom is 0.490 e. The molecule has 182 valence electrons. The molecule has 0 amide bonds. The first kappa shape index (κ1) is 27.0. The third-order valence-electron chi connectivity index (χ3n) is 4.03. The lowest BCUT2D eigenvalue weighted by Gasteiger charge is -2.21. The fourth-order valence-electron chi connectivity index (χ4n) is 2.43. The molecule has 0 aliphatic carbocycles. The monoisotopic (exact) mass is 523 g/mol. The fourth-order valence-corrected chi connectivity index (χ4v) is 2.86. The lowest BCUT2D eigenvalue weighted by atomic mass is 10.1. The van der Waals surface area contributed by atoms with E-state index in [9.17, 15) is 17.6 Å². The first-order chi connectivity index (χ1) is 15.9. The largest absolute Gasteiger partial charge is 0.490 e. The molecule has 1 aromatic heterocycles. The number of aromatic nitrogens is 2. The summed E-state index contributed by atoms with van der Waals surface area (Å²) in [7, 11) is 1.35. The molecule has 0 atom stereocenters. The fraction of sp³-hybridized carbons (Fsp3) is 0.158. The normalized spacial score (nSPS) is 10.9. The van der Waals surface area contributed by atoms with Crippen LogP contribution in [-0.4, -0.2) is 40.5 Å². The van der Waals surface area contributed by atoms with Gasteiger partial charge in [-0.1, -0.05) is 35.3 Å². The molecule has 9 nitrogen and oxygen atoms in total. The Labute approximate surface area is 199 Å². The van der Waals surface area contributed by atoms with E-state index in [4.69, 9.17) is 53.7 Å². The van der Waals surface area contributed by atoms with Gasteiger partial charge in [-0.3, -0.25) is 10.2 Å². The number of nitrogens with zero attached hydrogens (tertiary/aromatic N) is 3. The molecular weight excluding hydrogens is 509 g/mol. The summed E-state index contributed by atoms with van der Waals surface area (Å²) in [4.78, 5) is 14.1. The molecular formula is C19H15Cl2F4N5O4. The van der Waals surface area contributed by atoms with Crippen LogP contribution in [0.25, 0.3) is 11.3 Å². The Kier molecular flexibility index (Phi) is 8.93. The Morgan fingerprint density at radius 1 is 1.21 bits per heavy atom. The number of aliphatic carboxylic acids is 1. The number of halogens is 6. The van der Waals surface area contributed by atoms with Crippen LogP contribution in [0.15, 0.2) is 41.0 Å². The molecule has 0 spiro atoms. The van der Waals surface area contributed by atoms with Crippen LogP contribution >= 0.6 is 23.2 Å². The van der Waals surface area contributed by atoms with Crippen molar-refractivity contribution in [3.63, 3.8) is 0 Å². The van der Waals surface area contributed by atoms with E-state index in [-0.39, 0.29) is 16.6 Å². The van der Waals surface area contributed by atoms with Crippen LogP contribution < -0.4 is 10.8 Å². The van der Waals surface area contributed by atoms with Gasteiger partial charge in [0, 0.05) is 17.1 Å². The maximum absolute atomic E-state index is 13.4. The zero-order chi connectivity index (χ0) is 25.6. The second-order valence-electron chi connectivity index (χ2n) is 6.20. The number of hydrogen-bond acceptors (Lipinski definition) is 7. The number of anilines is 1. The van der Waals surface area contributed by atoms with E-state index in [2.05, 4.69) is 10.3 Å². The molecule has 3 aromatic rings. The molecule has 0 aliphatic rings. The Hall–Kier alpha value is -3.26. The van der Waals surface area contributed by atoms with Gasteiger partial charge in [-0.25, -0.2) is 18.9 Å². The Balaban J connectivity index is 0.000000509. The van der Waals surface area contributed by atoms with Gasteiger partial charge in [0.2, 0.25) is 0 Å². The quantitative estimate of drug-likeness (QED) is 0.190. The van der Waals surface area contributed by atoms with Gasteiger partial charge in [-0.05, 0) is 40.1 Å². The molecule has 0 bridgehead atoms. The van der Waals surface area contributed by atoms with Gasteiger partial charge in [0.25, 0.3) is 0 Å². The molecule has 15 heteroatoms. The molecule has 0 saturated carbocycles. The molecule has 0 unspecified atom stereocenters. The SMILES string of the molecule is CON(C(=N)c1nonc1-c1ccc(CN)c(Cl)c1)c1ccc(F)c(Cl)c1.O=C(O)C(F)(F)F. The van der Waals surface area contributed by atoms with Gasteiger partial charge in [0.05, 0.1) is 17.8 Å². The van der Waals surface area contributed by atoms with Crippen molar-refractivity contribution in [3.8, 4) is 11.3 Å². The van der Waals surface area contributed by atoms with Crippen LogP contribution in [0.4, 0.5) is 23.2 Å². The predicted octanol–water partition coefficient (Wildman–Crippen LogP) is 4.67. The number of rotatable bonds is 5. The van der Waals surface area contributed by atoms with Crippen LogP contribution in [0.5, 0.6) is 0 Å². The number of carbonyl (C=O) groups is 1. The number of carboxylic acid groups (broad SMARTS) is 1. The van der Waals surface area contributed by atoms with Gasteiger partial charge in [0.15, 0.2) is 11.5 Å². The highest BCUT2D eigenvalue weighted by atomic mass is 35.5. The maximum atomic E-state index is 13.4. The van der Waals surface area contributed by atoms with Crippen LogP contribution in [0.1, 0.15) is 11.3 Å². The van der Waals surface area contributed by atoms with Crippen LogP contribution in [0, 0.1) is 11.2 Å². The lowest BCUT2D eigenvalue weighted by molar-refractivity contribution is -0.192. The average molecular weight is 524 g/mol. The van der Waals surface area contributed by atoms with Crippen molar-refractivity contribution in [1.82, 2.24) is 10.3 Å². The van der Waals surface area contributed by atoms with Crippen LogP contribution in [0.3, 0.4) is 0 Å². The zero-order valence-electron chi connectivity index (χ0n) is 17.0. The minimum absolute atomic E-state index is 0.105. The molecule has 4 N–H and O–H groups in total. The van der Waals surface area contributed by atoms with E-state index in [1.165, 1.54) is 25.3 Å². The summed E-state index contributed by atoms with van der Waals surface area (Å²) in [6.07, 6.45) is -5.08. The number of nitrogens with two attached hydrogens (primary N) is 1. The Morgan fingerprint density at radius 3 is 2.35 bits per heavy atom. The third-order valence-corrected chi connectivity index (χ3v) is 4.67. The number of hydroxylamine groups is 1. The highest BCUT2D eigenvalue weighted by Crippen LogP contribution is 2.29. The van der Waals surface area contributed by atoms with E-state index >= 15 is 0 Å². The highest BCUT2D eigenvalue weighted by molar-refractivity contribution is 6.32. The van der Waals surface area contributed by atoms with Crippen molar-refractivity contribution in [2.45, 2.75) is 12.7 Å². The molecule has 3 rings (SSSR count). The predicted molar refractivity (Wildman–Crippen MR) is 114 cm³/mol. The summed E-state index contributed by atoms with van der Waals surface area (Å²) in [5.74, 6) is -3.52. The summed E-state index contributed by atoms with van der Waals surface area (Å²) in [6, 6.07) is 9.08. The summed E-state index contributed by atoms with van der Waals surface area (Å²) in [6.45, 7) is 0.293. The minimum atomic E-state index is -5.08. The second-order valence-corrected chi connectivity index (χ2v) is 7.01. The summed E-state index contributed by atoms with van der Waals surface area (Å²) >= 11 is 12.0.